The van der Waals surface area contributed by atoms with Gasteiger partial charge in [-0.2, -0.15) is 0 Å². The van der Waals surface area contributed by atoms with Gasteiger partial charge in [0.15, 0.2) is 0 Å². The van der Waals surface area contributed by atoms with Crippen LogP contribution in [0.4, 0.5) is 0 Å². The van der Waals surface area contributed by atoms with Gasteiger partial charge in [0, 0.05) is 25.0 Å². The van der Waals surface area contributed by atoms with Crippen molar-refractivity contribution in [3.05, 3.63) is 281 Å². The number of rotatable bonds is 32. The maximum Gasteiger partial charge on any atom is 0.341 e. The molecule has 0 bridgehead atoms. The molecule has 0 aromatic heterocycles. The van der Waals surface area contributed by atoms with Crippen LogP contribution in [0, 0.1) is 17.8 Å². The summed E-state index contributed by atoms with van der Waals surface area (Å²) < 4.78 is 55.2. The Morgan fingerprint density at radius 1 is 0.379 bits per heavy atom. The summed E-state index contributed by atoms with van der Waals surface area (Å²) in [5.41, 5.74) is 7.67. The van der Waals surface area contributed by atoms with Gasteiger partial charge in [0.1, 0.15) is 22.8 Å². The molecule has 0 N–H and O–H groups in total. The molecule has 19 nitrogen and oxygen atoms in total. The zero-order valence-electron chi connectivity index (χ0n) is 76.4. The molecule has 2 saturated carbocycles. The molecule has 2 aliphatic rings. The van der Waals surface area contributed by atoms with E-state index < -0.39 is 0 Å². The molecule has 2 fully saturated rings. The highest BCUT2D eigenvalue weighted by atomic mass is 16.6. The largest absolute Gasteiger partial charge is 0.497 e. The second-order valence-electron chi connectivity index (χ2n) is 30.1. The fourth-order valence-electron chi connectivity index (χ4n) is 12.8. The average Bonchev–Trinajstić information content (AvgIpc) is 1.75. The standard InChI is InChI=1S/2C17H24O2.C17H26O2.C13H16O2.C11H12O2.3C10H12O3.8CH4/c1-13(2)19-17(18)11-9-14-8-10-16(12-14)15-6-4-3-5-7-15;1-3-13(2)19-17(18)16-11-7-10-15(12-16)14-8-5-4-6-9-14;1-5-14(3)19-17(18)12-11-13(2)15(4)16-9-7-6-8-10-16;1-3-11(2)15-13(14)10-9-12-7-5-4-6-8-12;1-2-13-11(12)9-8-10-6-4-3-5-7-10;1-3-13-10(11)8-4-6-9(12-2)7-5-8;1-3-13-10(11)8-5-4-6-9(7-8)12-2;1-3-13-10(11)8-6-4-5-7-9(8)12-2;;;;;;;;/h3-7,13-14,16H,8-12H2,1-2H3;4-6,8-9,13,15-16H,3,7,10-12H2,1-2H3;6-10,13-15H,5,11-12H2,1-4H3;4-11H,3H2,1-2H3;3-9H,2H2,1H3;3*4-7H,3H2,1-2H3;8*1H4/b;;;10-9+;9-8+;;;;;;;;;;;. The van der Waals surface area contributed by atoms with E-state index in [1.807, 2.05) is 134 Å². The highest BCUT2D eigenvalue weighted by Crippen LogP contribution is 2.41. The Labute approximate surface area is 798 Å². The van der Waals surface area contributed by atoms with Crippen LogP contribution in [0.3, 0.4) is 0 Å². The molecule has 8 aromatic carbocycles. The molecule has 0 spiro atoms. The second kappa shape index (κ2) is 79.2. The van der Waals surface area contributed by atoms with Crippen LogP contribution < -0.4 is 14.2 Å². The highest BCUT2D eigenvalue weighted by Gasteiger charge is 2.30. The van der Waals surface area contributed by atoms with E-state index in [0.29, 0.717) is 97.0 Å². The topological polar surface area (TPSA) is 238 Å². The molecule has 0 aliphatic heterocycles. The van der Waals surface area contributed by atoms with Gasteiger partial charge in [-0.3, -0.25) is 14.4 Å². The van der Waals surface area contributed by atoms with Crippen LogP contribution in [-0.4, -0.2) is 120 Å². The van der Waals surface area contributed by atoms with Gasteiger partial charge in [0.2, 0.25) is 0 Å². The highest BCUT2D eigenvalue weighted by molar-refractivity contribution is 5.93. The van der Waals surface area contributed by atoms with E-state index in [0.717, 1.165) is 68.2 Å². The van der Waals surface area contributed by atoms with Crippen molar-refractivity contribution in [2.24, 2.45) is 17.8 Å². The lowest BCUT2D eigenvalue weighted by molar-refractivity contribution is -0.155. The number of hydrogen-bond donors (Lipinski definition) is 0. The minimum absolute atomic E-state index is 0. The van der Waals surface area contributed by atoms with E-state index in [4.69, 9.17) is 52.1 Å². The van der Waals surface area contributed by atoms with Crippen LogP contribution in [0.25, 0.3) is 12.2 Å². The summed E-state index contributed by atoms with van der Waals surface area (Å²) in [5.74, 6) is 3.21. The maximum atomic E-state index is 12.1. The Kier molecular flexibility index (Phi) is 78.7. The first kappa shape index (κ1) is 131. The summed E-state index contributed by atoms with van der Waals surface area (Å²) in [6, 6.07) is 71.7. The maximum absolute atomic E-state index is 12.1. The van der Waals surface area contributed by atoms with E-state index in [9.17, 15) is 38.4 Å². The van der Waals surface area contributed by atoms with Crippen molar-refractivity contribution in [3.63, 3.8) is 0 Å². The Morgan fingerprint density at radius 2 is 0.818 bits per heavy atom. The Bertz CT molecular complexity index is 4300. The monoisotopic (exact) mass is 1830 g/mol. The summed E-state index contributed by atoms with van der Waals surface area (Å²) in [4.78, 5) is 91.2. The number of benzene rings is 8. The molecule has 736 valence electrons. The van der Waals surface area contributed by atoms with E-state index in [-0.39, 0.29) is 138 Å². The number of esters is 8. The van der Waals surface area contributed by atoms with Crippen LogP contribution in [0.5, 0.6) is 17.2 Å². The number of methoxy groups -OCH3 is 3. The number of ether oxygens (including phenoxy) is 11. The van der Waals surface area contributed by atoms with Crippen molar-refractivity contribution in [1.82, 2.24) is 0 Å². The van der Waals surface area contributed by atoms with Crippen molar-refractivity contribution in [2.75, 3.05) is 47.8 Å². The summed E-state index contributed by atoms with van der Waals surface area (Å²) >= 11 is 0. The van der Waals surface area contributed by atoms with E-state index in [1.165, 1.54) is 61.6 Å². The minimum Gasteiger partial charge on any atom is -0.497 e. The SMILES string of the molecule is C.C.C.C.C.C.C.C.CC(C)OC(=O)CCC1CCC(c2ccccc2)C1.CCC(C)OC(=O)/C=C/c1ccccc1.CCC(C)OC(=O)C1CCCC(c2ccccc2)C1.CCC(C)OC(=O)CCC(C)C(C)c1ccccc1.CCOC(=O)/C=C/c1ccccc1.CCOC(=O)c1ccc(OC)cc1.CCOC(=O)c1cccc(OC)c1.CCOC(=O)c1ccccc1OC. The molecule has 9 unspecified atom stereocenters. The molecule has 0 saturated heterocycles. The molecular formula is C113H170O19. The van der Waals surface area contributed by atoms with Crippen molar-refractivity contribution < 1.29 is 90.5 Å². The van der Waals surface area contributed by atoms with Gasteiger partial charge in [0.05, 0.1) is 89.2 Å². The van der Waals surface area contributed by atoms with Crippen LogP contribution in [-0.2, 0) is 61.9 Å². The third kappa shape index (κ3) is 56.2. The number of carbonyl (C=O) groups is 8. The molecular weight excluding hydrogens is 1660 g/mol. The predicted octanol–water partition coefficient (Wildman–Crippen LogP) is 29.2. The molecule has 8 aromatic rings. The van der Waals surface area contributed by atoms with Gasteiger partial charge in [-0.15, -0.1) is 0 Å². The van der Waals surface area contributed by atoms with Gasteiger partial charge in [-0.1, -0.05) is 270 Å². The summed E-state index contributed by atoms with van der Waals surface area (Å²) in [6.07, 6.45) is 20.0. The first-order valence-electron chi connectivity index (χ1n) is 43.8. The Hall–Kier alpha value is -11.6. The Balaban J connectivity index is -0.000000343. The van der Waals surface area contributed by atoms with Crippen molar-refractivity contribution >= 4 is 59.9 Å². The van der Waals surface area contributed by atoms with Crippen LogP contribution in [0.15, 0.2) is 237 Å². The third-order valence-electron chi connectivity index (χ3n) is 20.4. The van der Waals surface area contributed by atoms with E-state index in [1.54, 1.807) is 121 Å². The lowest BCUT2D eigenvalue weighted by atomic mass is 9.78. The molecule has 10 rings (SSSR count). The van der Waals surface area contributed by atoms with Gasteiger partial charge in [-0.25, -0.2) is 24.0 Å². The average molecular weight is 1830 g/mol. The van der Waals surface area contributed by atoms with Crippen molar-refractivity contribution in [1.29, 1.82) is 0 Å². The minimum atomic E-state index is -0.347. The summed E-state index contributed by atoms with van der Waals surface area (Å²) in [6.45, 7) is 28.8. The quantitative estimate of drug-likeness (QED) is 0.0216. The molecule has 132 heavy (non-hydrogen) atoms. The van der Waals surface area contributed by atoms with Gasteiger partial charge >= 0.3 is 47.8 Å². The zero-order chi connectivity index (χ0) is 91.2. The van der Waals surface area contributed by atoms with Gasteiger partial charge in [0.25, 0.3) is 0 Å². The molecule has 0 radical (unpaired) electrons. The number of hydrogen-bond acceptors (Lipinski definition) is 19. The summed E-state index contributed by atoms with van der Waals surface area (Å²) in [7, 11) is 4.67. The molecule has 0 heterocycles. The lowest BCUT2D eigenvalue weighted by Gasteiger charge is -2.29. The number of para-hydroxylation sites is 1. The van der Waals surface area contributed by atoms with Gasteiger partial charge in [-0.05, 0) is 257 Å². The third-order valence-corrected chi connectivity index (χ3v) is 20.4. The fourth-order valence-corrected chi connectivity index (χ4v) is 12.8. The van der Waals surface area contributed by atoms with Crippen LogP contribution in [0.1, 0.15) is 323 Å². The van der Waals surface area contributed by atoms with Crippen molar-refractivity contribution in [3.8, 4) is 17.2 Å². The molecule has 19 heteroatoms. The fraction of sp³-hybridized carbons (Fsp3) is 0.469. The lowest BCUT2D eigenvalue weighted by Crippen LogP contribution is -2.26. The van der Waals surface area contributed by atoms with Crippen molar-refractivity contribution in [2.45, 2.75) is 288 Å². The van der Waals surface area contributed by atoms with E-state index >= 15 is 0 Å². The predicted molar refractivity (Wildman–Crippen MR) is 547 cm³/mol. The Morgan fingerprint density at radius 3 is 1.30 bits per heavy atom. The first-order valence-corrected chi connectivity index (χ1v) is 43.8. The van der Waals surface area contributed by atoms with Crippen LogP contribution >= 0.6 is 0 Å². The van der Waals surface area contributed by atoms with E-state index in [2.05, 4.69) is 92.7 Å². The summed E-state index contributed by atoms with van der Waals surface area (Å²) in [5, 5.41) is 0. The normalized spacial score (nSPS) is 14.3. The van der Waals surface area contributed by atoms with Gasteiger partial charge < -0.3 is 52.1 Å². The first-order chi connectivity index (χ1) is 59.8. The second-order valence-corrected chi connectivity index (χ2v) is 30.1. The molecule has 0 amide bonds. The number of carbonyl (C=O) groups excluding carboxylic acids is 8. The smallest absolute Gasteiger partial charge is 0.341 e. The van der Waals surface area contributed by atoms with Crippen LogP contribution in [0.2, 0.25) is 0 Å². The zero-order valence-corrected chi connectivity index (χ0v) is 76.4. The molecule has 2 aliphatic carbocycles. The molecule has 9 atom stereocenters.